The van der Waals surface area contributed by atoms with Crippen molar-refractivity contribution < 1.29 is 18.4 Å². The van der Waals surface area contributed by atoms with Gasteiger partial charge in [-0.25, -0.2) is 8.42 Å². The number of hydrogen-bond acceptors (Lipinski definition) is 6. The summed E-state index contributed by atoms with van der Waals surface area (Å²) in [5.74, 6) is 0. The molecule has 1 N–H and O–H groups in total. The summed E-state index contributed by atoms with van der Waals surface area (Å²) in [5.41, 5.74) is -0.800. The maximum Gasteiger partial charge on any atom is 0.293 e. The van der Waals surface area contributed by atoms with E-state index < -0.39 is 20.4 Å². The van der Waals surface area contributed by atoms with Gasteiger partial charge in [0.2, 0.25) is 0 Å². The minimum absolute atomic E-state index is 0.0877. The molecular weight excluding hydrogens is 272 g/mol. The van der Waals surface area contributed by atoms with Gasteiger partial charge in [0.05, 0.1) is 15.4 Å². The number of nitro groups is 1. The summed E-state index contributed by atoms with van der Waals surface area (Å²) in [6, 6.07) is 3.80. The molecule has 0 bridgehead atoms. The smallest absolute Gasteiger partial charge is 0.293 e. The van der Waals surface area contributed by atoms with Crippen LogP contribution in [0.1, 0.15) is 6.92 Å². The fourth-order valence-corrected chi connectivity index (χ4v) is 2.73. The van der Waals surface area contributed by atoms with E-state index in [9.17, 15) is 23.6 Å². The van der Waals surface area contributed by atoms with Gasteiger partial charge in [-0.2, -0.15) is 0 Å². The first-order valence-corrected chi connectivity index (χ1v) is 7.45. The molecule has 19 heavy (non-hydrogen) atoms. The van der Waals surface area contributed by atoms with Crippen molar-refractivity contribution in [1.29, 1.82) is 0 Å². The number of nitrogens with zero attached hydrogens (tertiary/aromatic N) is 2. The van der Waals surface area contributed by atoms with Crippen molar-refractivity contribution in [1.82, 2.24) is 0 Å². The van der Waals surface area contributed by atoms with Crippen LogP contribution in [-0.2, 0) is 9.84 Å². The van der Waals surface area contributed by atoms with Gasteiger partial charge in [0.25, 0.3) is 5.69 Å². The second-order valence-electron chi connectivity index (χ2n) is 5.03. The number of hydrogen-bond donors (Lipinski definition) is 1. The molecule has 1 fully saturated rings. The number of nitro benzene ring substituents is 1. The first-order chi connectivity index (χ1) is 8.60. The maximum atomic E-state index is 11.4. The number of aliphatic hydroxyl groups is 1. The lowest BCUT2D eigenvalue weighted by atomic mass is 9.96. The zero-order valence-electron chi connectivity index (χ0n) is 10.5. The minimum atomic E-state index is -3.49. The van der Waals surface area contributed by atoms with Crippen LogP contribution in [0.3, 0.4) is 0 Å². The normalized spacial score (nSPS) is 17.9. The van der Waals surface area contributed by atoms with Crippen LogP contribution in [0, 0.1) is 10.1 Å². The van der Waals surface area contributed by atoms with Gasteiger partial charge in [-0.05, 0) is 19.1 Å². The molecule has 0 aliphatic carbocycles. The number of anilines is 1. The average Bonchev–Trinajstić information content (AvgIpc) is 2.23. The number of sulfone groups is 1. The lowest BCUT2D eigenvalue weighted by Gasteiger charge is -2.45. The van der Waals surface area contributed by atoms with Crippen LogP contribution in [0.4, 0.5) is 11.4 Å². The van der Waals surface area contributed by atoms with Gasteiger partial charge in [-0.15, -0.1) is 0 Å². The van der Waals surface area contributed by atoms with Crippen molar-refractivity contribution in [2.45, 2.75) is 17.4 Å². The monoisotopic (exact) mass is 286 g/mol. The highest BCUT2D eigenvalue weighted by Gasteiger charge is 2.39. The lowest BCUT2D eigenvalue weighted by Crippen LogP contribution is -2.60. The van der Waals surface area contributed by atoms with E-state index in [2.05, 4.69) is 0 Å². The quantitative estimate of drug-likeness (QED) is 0.644. The third-order valence-corrected chi connectivity index (χ3v) is 4.09. The first-order valence-electron chi connectivity index (χ1n) is 5.56. The molecule has 1 aliphatic rings. The first kappa shape index (κ1) is 13.8. The predicted molar refractivity (Wildman–Crippen MR) is 69.0 cm³/mol. The summed E-state index contributed by atoms with van der Waals surface area (Å²) in [6.07, 6.45) is 1.00. The van der Waals surface area contributed by atoms with Crippen molar-refractivity contribution >= 4 is 21.2 Å². The van der Waals surface area contributed by atoms with E-state index in [-0.39, 0.29) is 23.7 Å². The summed E-state index contributed by atoms with van der Waals surface area (Å²) in [7, 11) is -3.49. The SMILES string of the molecule is CC1(O)CN(c2ccc(S(C)(=O)=O)cc2[N+](=O)[O-])C1. The highest BCUT2D eigenvalue weighted by Crippen LogP contribution is 2.35. The van der Waals surface area contributed by atoms with E-state index in [1.165, 1.54) is 12.1 Å². The van der Waals surface area contributed by atoms with E-state index >= 15 is 0 Å². The minimum Gasteiger partial charge on any atom is -0.386 e. The van der Waals surface area contributed by atoms with Crippen LogP contribution < -0.4 is 4.90 Å². The van der Waals surface area contributed by atoms with Crippen molar-refractivity contribution in [3.05, 3.63) is 28.3 Å². The number of benzene rings is 1. The molecule has 7 nitrogen and oxygen atoms in total. The van der Waals surface area contributed by atoms with Gasteiger partial charge in [-0.1, -0.05) is 0 Å². The van der Waals surface area contributed by atoms with Gasteiger partial charge in [0.15, 0.2) is 9.84 Å². The standard InChI is InChI=1S/C11H14N2O5S/c1-11(14)6-12(7-11)9-4-3-8(19(2,17)18)5-10(9)13(15)16/h3-5,14H,6-7H2,1-2H3. The van der Waals surface area contributed by atoms with E-state index in [1.807, 2.05) is 0 Å². The molecule has 1 aliphatic heterocycles. The second kappa shape index (κ2) is 4.17. The molecule has 0 radical (unpaired) electrons. The Bertz CT molecular complexity index is 630. The molecule has 104 valence electrons. The molecule has 0 amide bonds. The van der Waals surface area contributed by atoms with Crippen LogP contribution in [0.25, 0.3) is 0 Å². The van der Waals surface area contributed by atoms with Crippen LogP contribution in [0.15, 0.2) is 23.1 Å². The summed E-state index contributed by atoms with van der Waals surface area (Å²) in [4.78, 5) is 12.0. The Morgan fingerprint density at radius 2 is 2.00 bits per heavy atom. The fourth-order valence-electron chi connectivity index (χ4n) is 2.09. The topological polar surface area (TPSA) is 101 Å². The number of β-amino-alcohol motifs (C(OH)–C–C–N with tert-alkyl or cyclic N) is 1. The zero-order chi connectivity index (χ0) is 14.4. The third kappa shape index (κ3) is 2.69. The second-order valence-corrected chi connectivity index (χ2v) is 7.05. The third-order valence-electron chi connectivity index (χ3n) is 2.98. The molecule has 0 saturated carbocycles. The van der Waals surface area contributed by atoms with E-state index in [4.69, 9.17) is 0 Å². The lowest BCUT2D eigenvalue weighted by molar-refractivity contribution is -0.384. The van der Waals surface area contributed by atoms with Crippen LogP contribution in [-0.4, -0.2) is 43.4 Å². The predicted octanol–water partition coefficient (Wildman–Crippen LogP) is 0.569. The van der Waals surface area contributed by atoms with E-state index in [0.29, 0.717) is 5.69 Å². The maximum absolute atomic E-state index is 11.4. The summed E-state index contributed by atoms with van der Waals surface area (Å²) >= 11 is 0. The zero-order valence-corrected chi connectivity index (χ0v) is 11.3. The van der Waals surface area contributed by atoms with Gasteiger partial charge < -0.3 is 10.0 Å². The Morgan fingerprint density at radius 1 is 1.42 bits per heavy atom. The van der Waals surface area contributed by atoms with Crippen LogP contribution >= 0.6 is 0 Å². The molecule has 0 atom stereocenters. The highest BCUT2D eigenvalue weighted by molar-refractivity contribution is 7.90. The summed E-state index contributed by atoms with van der Waals surface area (Å²) in [5, 5.41) is 20.7. The molecular formula is C11H14N2O5S. The van der Waals surface area contributed by atoms with Crippen molar-refractivity contribution in [2.24, 2.45) is 0 Å². The Hall–Kier alpha value is -1.67. The molecule has 8 heteroatoms. The Morgan fingerprint density at radius 3 is 2.42 bits per heavy atom. The van der Waals surface area contributed by atoms with Gasteiger partial charge in [0, 0.05) is 25.4 Å². The highest BCUT2D eigenvalue weighted by atomic mass is 32.2. The van der Waals surface area contributed by atoms with Crippen LogP contribution in [0.2, 0.25) is 0 Å². The molecule has 2 rings (SSSR count). The molecule has 1 aromatic rings. The summed E-state index contributed by atoms with van der Waals surface area (Å²) in [6.45, 7) is 2.21. The number of rotatable bonds is 3. The van der Waals surface area contributed by atoms with Crippen LogP contribution in [0.5, 0.6) is 0 Å². The van der Waals surface area contributed by atoms with Gasteiger partial charge in [-0.3, -0.25) is 10.1 Å². The molecule has 0 spiro atoms. The average molecular weight is 286 g/mol. The Kier molecular flexibility index (Phi) is 3.02. The van der Waals surface area contributed by atoms with E-state index in [1.54, 1.807) is 11.8 Å². The van der Waals surface area contributed by atoms with Crippen molar-refractivity contribution in [2.75, 3.05) is 24.2 Å². The molecule has 1 saturated heterocycles. The van der Waals surface area contributed by atoms with E-state index in [0.717, 1.165) is 12.3 Å². The molecule has 0 aromatic heterocycles. The fraction of sp³-hybridized carbons (Fsp3) is 0.455. The molecule has 1 heterocycles. The largest absolute Gasteiger partial charge is 0.386 e. The Labute approximate surface area is 110 Å². The van der Waals surface area contributed by atoms with Gasteiger partial charge in [0.1, 0.15) is 5.69 Å². The van der Waals surface area contributed by atoms with Crippen molar-refractivity contribution in [3.63, 3.8) is 0 Å². The molecule has 1 aromatic carbocycles. The van der Waals surface area contributed by atoms with Gasteiger partial charge >= 0.3 is 0 Å². The Balaban J connectivity index is 2.43. The van der Waals surface area contributed by atoms with Crippen molar-refractivity contribution in [3.8, 4) is 0 Å². The summed E-state index contributed by atoms with van der Waals surface area (Å²) < 4.78 is 22.8. The molecule has 0 unspecified atom stereocenters.